The molecule has 31 heavy (non-hydrogen) atoms. The number of hydrogen-bond donors (Lipinski definition) is 2. The molecule has 8 nitrogen and oxygen atoms in total. The molecule has 2 aromatic heterocycles. The lowest BCUT2D eigenvalue weighted by atomic mass is 10.3. The minimum absolute atomic E-state index is 0.00704. The van der Waals surface area contributed by atoms with Crippen molar-refractivity contribution < 1.29 is 13.2 Å². The van der Waals surface area contributed by atoms with Gasteiger partial charge in [0.15, 0.2) is 5.16 Å². The van der Waals surface area contributed by atoms with Gasteiger partial charge in [-0.2, -0.15) is 0 Å². The Bertz CT molecular complexity index is 1410. The summed E-state index contributed by atoms with van der Waals surface area (Å²) < 4.78 is 24.2. The van der Waals surface area contributed by atoms with Gasteiger partial charge in [0.1, 0.15) is 4.83 Å². The van der Waals surface area contributed by atoms with E-state index in [4.69, 9.17) is 5.14 Å². The number of aromatic nitrogens is 2. The fourth-order valence-electron chi connectivity index (χ4n) is 2.85. The Morgan fingerprint density at radius 1 is 1.10 bits per heavy atom. The number of hydrogen-bond acceptors (Lipinski definition) is 7. The van der Waals surface area contributed by atoms with Crippen LogP contribution in [0.2, 0.25) is 0 Å². The normalized spacial score (nSPS) is 11.5. The van der Waals surface area contributed by atoms with Crippen molar-refractivity contribution in [2.45, 2.75) is 10.1 Å². The molecule has 0 spiro atoms. The van der Waals surface area contributed by atoms with Gasteiger partial charge in [-0.3, -0.25) is 14.2 Å². The topological polar surface area (TPSA) is 124 Å². The largest absolute Gasteiger partial charge is 0.325 e. The smallest absolute Gasteiger partial charge is 0.267 e. The first kappa shape index (κ1) is 21.2. The molecule has 2 aromatic carbocycles. The summed E-state index contributed by atoms with van der Waals surface area (Å²) in [5.41, 5.74) is 0.897. The fourth-order valence-corrected chi connectivity index (χ4v) is 4.98. The van der Waals surface area contributed by atoms with Crippen LogP contribution in [0.3, 0.4) is 0 Å². The van der Waals surface area contributed by atoms with Gasteiger partial charge in [-0.05, 0) is 47.8 Å². The van der Waals surface area contributed by atoms with Crippen molar-refractivity contribution in [3.63, 3.8) is 0 Å². The summed E-state index contributed by atoms with van der Waals surface area (Å²) in [6, 6.07) is 16.4. The van der Waals surface area contributed by atoms with Crippen molar-refractivity contribution >= 4 is 54.9 Å². The second kappa shape index (κ2) is 8.63. The van der Waals surface area contributed by atoms with Crippen LogP contribution in [0.15, 0.2) is 80.9 Å². The van der Waals surface area contributed by atoms with E-state index in [0.717, 1.165) is 11.8 Å². The van der Waals surface area contributed by atoms with Gasteiger partial charge in [0.2, 0.25) is 15.9 Å². The molecule has 0 bridgehead atoms. The molecule has 4 aromatic rings. The zero-order chi connectivity index (χ0) is 22.0. The molecular weight excluding hydrogens is 456 g/mol. The summed E-state index contributed by atoms with van der Waals surface area (Å²) in [5, 5.41) is 10.5. The van der Waals surface area contributed by atoms with E-state index in [1.165, 1.54) is 40.2 Å². The quantitative estimate of drug-likeness (QED) is 0.328. The van der Waals surface area contributed by atoms with E-state index in [9.17, 15) is 18.0 Å². The molecule has 0 saturated heterocycles. The predicted octanol–water partition coefficient (Wildman–Crippen LogP) is 2.83. The first-order valence-corrected chi connectivity index (χ1v) is 12.4. The van der Waals surface area contributed by atoms with Gasteiger partial charge in [0, 0.05) is 5.69 Å². The van der Waals surface area contributed by atoms with Gasteiger partial charge in [-0.15, -0.1) is 11.3 Å². The van der Waals surface area contributed by atoms with E-state index in [0.29, 0.717) is 26.7 Å². The number of fused-ring (bicyclic) bond motifs is 1. The lowest BCUT2D eigenvalue weighted by molar-refractivity contribution is -0.113. The van der Waals surface area contributed by atoms with Crippen LogP contribution < -0.4 is 16.0 Å². The second-order valence-corrected chi connectivity index (χ2v) is 9.81. The number of sulfonamides is 1. The minimum atomic E-state index is -3.80. The van der Waals surface area contributed by atoms with Crippen molar-refractivity contribution in [2.24, 2.45) is 5.14 Å². The summed E-state index contributed by atoms with van der Waals surface area (Å²) in [6.45, 7) is 0. The van der Waals surface area contributed by atoms with E-state index in [1.807, 2.05) is 18.2 Å². The van der Waals surface area contributed by atoms with Crippen LogP contribution in [0, 0.1) is 0 Å². The number of thiophene rings is 1. The molecule has 4 rings (SSSR count). The number of para-hydroxylation sites is 1. The van der Waals surface area contributed by atoms with Crippen molar-refractivity contribution in [1.29, 1.82) is 0 Å². The van der Waals surface area contributed by atoms with E-state index < -0.39 is 10.0 Å². The van der Waals surface area contributed by atoms with Crippen LogP contribution in [0.5, 0.6) is 0 Å². The van der Waals surface area contributed by atoms with E-state index in [2.05, 4.69) is 10.3 Å². The first-order chi connectivity index (χ1) is 14.8. The molecule has 0 aliphatic rings. The number of nitrogens with one attached hydrogen (secondary N) is 1. The molecule has 0 atom stereocenters. The molecule has 0 aliphatic carbocycles. The monoisotopic (exact) mass is 472 g/mol. The highest BCUT2D eigenvalue weighted by atomic mass is 32.2. The number of amides is 1. The molecule has 11 heteroatoms. The number of rotatable bonds is 6. The maximum atomic E-state index is 13.0. The zero-order valence-corrected chi connectivity index (χ0v) is 18.3. The number of carbonyl (C=O) groups excluding carboxylic acids is 1. The molecule has 0 unspecified atom stereocenters. The van der Waals surface area contributed by atoms with Gasteiger partial charge in [0.25, 0.3) is 5.56 Å². The van der Waals surface area contributed by atoms with Crippen molar-refractivity contribution in [3.8, 4) is 5.69 Å². The van der Waals surface area contributed by atoms with E-state index in [-0.39, 0.29) is 22.1 Å². The molecule has 2 heterocycles. The number of benzene rings is 2. The maximum Gasteiger partial charge on any atom is 0.267 e. The highest BCUT2D eigenvalue weighted by Gasteiger charge is 2.16. The minimum Gasteiger partial charge on any atom is -0.325 e. The number of anilines is 1. The van der Waals surface area contributed by atoms with Gasteiger partial charge >= 0.3 is 0 Å². The van der Waals surface area contributed by atoms with Crippen LogP contribution in [-0.4, -0.2) is 29.6 Å². The third-order valence-electron chi connectivity index (χ3n) is 4.28. The van der Waals surface area contributed by atoms with Crippen LogP contribution in [0.1, 0.15) is 0 Å². The standard InChI is InChI=1S/C20H16N4O4S3/c21-31(27,28)15-8-6-13(7-9-15)22-17(25)12-30-20-23-18-16(10-11-29-18)19(26)24(20)14-4-2-1-3-5-14/h1-11H,12H2,(H,22,25)(H2,21,27,28). The van der Waals surface area contributed by atoms with Gasteiger partial charge in [-0.1, -0.05) is 30.0 Å². The highest BCUT2D eigenvalue weighted by molar-refractivity contribution is 7.99. The summed E-state index contributed by atoms with van der Waals surface area (Å²) in [6.07, 6.45) is 0. The Labute approximate surface area is 185 Å². The third kappa shape index (κ3) is 4.69. The van der Waals surface area contributed by atoms with E-state index in [1.54, 1.807) is 23.6 Å². The first-order valence-electron chi connectivity index (χ1n) is 8.94. The highest BCUT2D eigenvalue weighted by Crippen LogP contribution is 2.24. The van der Waals surface area contributed by atoms with Crippen LogP contribution in [-0.2, 0) is 14.8 Å². The van der Waals surface area contributed by atoms with Crippen LogP contribution in [0.4, 0.5) is 5.69 Å². The SMILES string of the molecule is NS(=O)(=O)c1ccc(NC(=O)CSc2nc3sccc3c(=O)n2-c2ccccc2)cc1. The number of thioether (sulfide) groups is 1. The number of carbonyl (C=O) groups is 1. The van der Waals surface area contributed by atoms with Crippen LogP contribution in [0.25, 0.3) is 15.9 Å². The van der Waals surface area contributed by atoms with Gasteiger partial charge < -0.3 is 5.32 Å². The molecule has 0 aliphatic heterocycles. The Morgan fingerprint density at radius 3 is 2.48 bits per heavy atom. The Balaban J connectivity index is 1.56. The average molecular weight is 473 g/mol. The predicted molar refractivity (Wildman–Crippen MR) is 122 cm³/mol. The Morgan fingerprint density at radius 2 is 1.81 bits per heavy atom. The van der Waals surface area contributed by atoms with Gasteiger partial charge in [-0.25, -0.2) is 18.5 Å². The average Bonchev–Trinajstić information content (AvgIpc) is 3.22. The van der Waals surface area contributed by atoms with Crippen molar-refractivity contribution in [3.05, 3.63) is 76.4 Å². The molecule has 0 saturated carbocycles. The Hall–Kier alpha value is -2.99. The maximum absolute atomic E-state index is 13.0. The van der Waals surface area contributed by atoms with Gasteiger partial charge in [0.05, 0.1) is 21.7 Å². The number of nitrogens with two attached hydrogens (primary N) is 1. The third-order valence-corrected chi connectivity index (χ3v) is 6.95. The fraction of sp³-hybridized carbons (Fsp3) is 0.0500. The van der Waals surface area contributed by atoms with Crippen molar-refractivity contribution in [2.75, 3.05) is 11.1 Å². The molecule has 3 N–H and O–H groups in total. The molecule has 1 amide bonds. The lowest BCUT2D eigenvalue weighted by Gasteiger charge is -2.12. The molecule has 158 valence electrons. The summed E-state index contributed by atoms with van der Waals surface area (Å²) in [7, 11) is -3.80. The summed E-state index contributed by atoms with van der Waals surface area (Å²) in [5.74, 6) is -0.318. The second-order valence-electron chi connectivity index (χ2n) is 6.42. The number of nitrogens with zero attached hydrogens (tertiary/aromatic N) is 2. The molecule has 0 radical (unpaired) electrons. The van der Waals surface area contributed by atoms with Crippen LogP contribution >= 0.6 is 23.1 Å². The van der Waals surface area contributed by atoms with Crippen molar-refractivity contribution in [1.82, 2.24) is 9.55 Å². The lowest BCUT2D eigenvalue weighted by Crippen LogP contribution is -2.22. The summed E-state index contributed by atoms with van der Waals surface area (Å²) >= 11 is 2.50. The molecular formula is C20H16N4O4S3. The Kier molecular flexibility index (Phi) is 5.92. The van der Waals surface area contributed by atoms with E-state index >= 15 is 0 Å². The summed E-state index contributed by atoms with van der Waals surface area (Å²) in [4.78, 5) is 30.6. The zero-order valence-electron chi connectivity index (χ0n) is 15.9. The molecule has 0 fully saturated rings. The number of primary sulfonamides is 1.